The fourth-order valence-electron chi connectivity index (χ4n) is 1.94. The highest BCUT2D eigenvalue weighted by Gasteiger charge is 2.07. The first-order valence-corrected chi connectivity index (χ1v) is 8.36. The van der Waals surface area contributed by atoms with Crippen LogP contribution in [0.3, 0.4) is 0 Å². The number of nitrogens with zero attached hydrogens (tertiary/aromatic N) is 1. The van der Waals surface area contributed by atoms with E-state index in [4.69, 9.17) is 0 Å². The van der Waals surface area contributed by atoms with E-state index in [-0.39, 0.29) is 5.91 Å². The Morgan fingerprint density at radius 3 is 2.62 bits per heavy atom. The van der Waals surface area contributed by atoms with Gasteiger partial charge in [-0.1, -0.05) is 24.3 Å². The van der Waals surface area contributed by atoms with Gasteiger partial charge in [-0.2, -0.15) is 11.3 Å². The molecule has 0 unspecified atom stereocenters. The van der Waals surface area contributed by atoms with Crippen LogP contribution in [0.4, 0.5) is 0 Å². The van der Waals surface area contributed by atoms with Crippen LogP contribution in [0.1, 0.15) is 12.5 Å². The van der Waals surface area contributed by atoms with Crippen molar-refractivity contribution in [3.05, 3.63) is 52.0 Å². The van der Waals surface area contributed by atoms with Crippen LogP contribution in [-0.4, -0.2) is 10.9 Å². The van der Waals surface area contributed by atoms with E-state index in [1.165, 1.54) is 12.5 Å². The molecule has 1 aromatic carbocycles. The Labute approximate surface area is 131 Å². The number of rotatable bonds is 4. The highest BCUT2D eigenvalue weighted by Crippen LogP contribution is 2.30. The standard InChI is InChI=1S/C16H14N2OS2/c1-11(19)17-8-12-2-4-13(5-3-12)15-10-21-16(18-15)14-6-7-20-9-14/h2-7,9-10H,8H2,1H3,(H,17,19). The van der Waals surface area contributed by atoms with Gasteiger partial charge in [0.15, 0.2) is 0 Å². The van der Waals surface area contributed by atoms with Crippen LogP contribution < -0.4 is 5.32 Å². The van der Waals surface area contributed by atoms with Crippen molar-refractivity contribution >= 4 is 28.6 Å². The molecule has 3 aromatic rings. The van der Waals surface area contributed by atoms with Crippen molar-refractivity contribution in [3.63, 3.8) is 0 Å². The largest absolute Gasteiger partial charge is 0.352 e. The molecule has 3 rings (SSSR count). The van der Waals surface area contributed by atoms with Gasteiger partial charge in [0.2, 0.25) is 5.91 Å². The highest BCUT2D eigenvalue weighted by molar-refractivity contribution is 7.14. The molecule has 106 valence electrons. The Morgan fingerprint density at radius 2 is 1.95 bits per heavy atom. The van der Waals surface area contributed by atoms with Crippen molar-refractivity contribution in [1.82, 2.24) is 10.3 Å². The topological polar surface area (TPSA) is 42.0 Å². The molecular formula is C16H14N2OS2. The Hall–Kier alpha value is -1.98. The summed E-state index contributed by atoms with van der Waals surface area (Å²) in [5, 5.41) is 10.1. The number of benzene rings is 1. The molecule has 3 nitrogen and oxygen atoms in total. The third-order valence-corrected chi connectivity index (χ3v) is 4.64. The van der Waals surface area contributed by atoms with Crippen molar-refractivity contribution in [2.75, 3.05) is 0 Å². The first-order valence-electron chi connectivity index (χ1n) is 6.54. The van der Waals surface area contributed by atoms with Crippen molar-refractivity contribution in [2.24, 2.45) is 0 Å². The van der Waals surface area contributed by atoms with Crippen LogP contribution in [0.5, 0.6) is 0 Å². The number of aromatic nitrogens is 1. The lowest BCUT2D eigenvalue weighted by Gasteiger charge is -2.03. The van der Waals surface area contributed by atoms with E-state index in [1.54, 1.807) is 22.7 Å². The van der Waals surface area contributed by atoms with Gasteiger partial charge in [0.05, 0.1) is 5.69 Å². The predicted octanol–water partition coefficient (Wildman–Crippen LogP) is 4.17. The van der Waals surface area contributed by atoms with Crippen molar-refractivity contribution in [1.29, 1.82) is 0 Å². The number of thiazole rings is 1. The number of carbonyl (C=O) groups is 1. The lowest BCUT2D eigenvalue weighted by atomic mass is 10.1. The van der Waals surface area contributed by atoms with E-state index in [0.29, 0.717) is 6.54 Å². The second kappa shape index (κ2) is 6.20. The molecular weight excluding hydrogens is 300 g/mol. The average Bonchev–Trinajstić information content (AvgIpc) is 3.16. The predicted molar refractivity (Wildman–Crippen MR) is 88.4 cm³/mol. The Balaban J connectivity index is 1.76. The molecule has 0 spiro atoms. The maximum absolute atomic E-state index is 10.9. The molecule has 0 saturated carbocycles. The third-order valence-electron chi connectivity index (χ3n) is 3.06. The lowest BCUT2D eigenvalue weighted by molar-refractivity contribution is -0.119. The minimum atomic E-state index is -0.0148. The van der Waals surface area contributed by atoms with Gasteiger partial charge in [-0.15, -0.1) is 11.3 Å². The summed E-state index contributed by atoms with van der Waals surface area (Å²) in [6, 6.07) is 10.2. The van der Waals surface area contributed by atoms with Crippen LogP contribution in [-0.2, 0) is 11.3 Å². The van der Waals surface area contributed by atoms with Gasteiger partial charge in [-0.05, 0) is 17.0 Å². The minimum absolute atomic E-state index is 0.0148. The lowest BCUT2D eigenvalue weighted by Crippen LogP contribution is -2.18. The monoisotopic (exact) mass is 314 g/mol. The molecule has 0 bridgehead atoms. The Morgan fingerprint density at radius 1 is 1.14 bits per heavy atom. The average molecular weight is 314 g/mol. The van der Waals surface area contributed by atoms with E-state index in [2.05, 4.69) is 32.5 Å². The fourth-order valence-corrected chi connectivity index (χ4v) is 3.49. The normalized spacial score (nSPS) is 10.5. The van der Waals surface area contributed by atoms with Gasteiger partial charge < -0.3 is 5.32 Å². The summed E-state index contributed by atoms with van der Waals surface area (Å²) in [6.07, 6.45) is 0. The van der Waals surface area contributed by atoms with Crippen molar-refractivity contribution in [3.8, 4) is 21.8 Å². The van der Waals surface area contributed by atoms with Crippen LogP contribution >= 0.6 is 22.7 Å². The number of hydrogen-bond donors (Lipinski definition) is 1. The second-order valence-corrected chi connectivity index (χ2v) is 6.29. The van der Waals surface area contributed by atoms with Crippen molar-refractivity contribution in [2.45, 2.75) is 13.5 Å². The SMILES string of the molecule is CC(=O)NCc1ccc(-c2csc(-c3ccsc3)n2)cc1. The quantitative estimate of drug-likeness (QED) is 0.785. The molecule has 2 aromatic heterocycles. The maximum Gasteiger partial charge on any atom is 0.217 e. The zero-order chi connectivity index (χ0) is 14.7. The van der Waals surface area contributed by atoms with E-state index in [9.17, 15) is 4.79 Å². The fraction of sp³-hybridized carbons (Fsp3) is 0.125. The second-order valence-electron chi connectivity index (χ2n) is 4.66. The summed E-state index contributed by atoms with van der Waals surface area (Å²) in [5.41, 5.74) is 4.35. The molecule has 0 aliphatic carbocycles. The summed E-state index contributed by atoms with van der Waals surface area (Å²) in [6.45, 7) is 2.09. The first kappa shape index (κ1) is 14.0. The Kier molecular flexibility index (Phi) is 4.13. The number of amides is 1. The van der Waals surface area contributed by atoms with Gasteiger partial charge in [0.25, 0.3) is 0 Å². The summed E-state index contributed by atoms with van der Waals surface area (Å²) < 4.78 is 0. The molecule has 1 amide bonds. The molecule has 0 saturated heterocycles. The molecule has 0 aliphatic rings. The van der Waals surface area contributed by atoms with Gasteiger partial charge in [0.1, 0.15) is 5.01 Å². The van der Waals surface area contributed by atoms with Gasteiger partial charge in [0, 0.05) is 35.4 Å². The van der Waals surface area contributed by atoms with Crippen LogP contribution in [0.25, 0.3) is 21.8 Å². The van der Waals surface area contributed by atoms with E-state index in [0.717, 1.165) is 21.8 Å². The number of hydrogen-bond acceptors (Lipinski definition) is 4. The first-order chi connectivity index (χ1) is 10.2. The molecule has 0 atom stereocenters. The zero-order valence-electron chi connectivity index (χ0n) is 11.5. The molecule has 21 heavy (non-hydrogen) atoms. The van der Waals surface area contributed by atoms with Gasteiger partial charge in [-0.3, -0.25) is 4.79 Å². The summed E-state index contributed by atoms with van der Waals surface area (Å²) in [7, 11) is 0. The van der Waals surface area contributed by atoms with Gasteiger partial charge >= 0.3 is 0 Å². The maximum atomic E-state index is 10.9. The number of carbonyl (C=O) groups excluding carboxylic acids is 1. The van der Waals surface area contributed by atoms with Crippen LogP contribution in [0.2, 0.25) is 0 Å². The smallest absolute Gasteiger partial charge is 0.217 e. The molecule has 0 aliphatic heterocycles. The summed E-state index contributed by atoms with van der Waals surface area (Å²) >= 11 is 3.34. The molecule has 0 radical (unpaired) electrons. The summed E-state index contributed by atoms with van der Waals surface area (Å²) in [4.78, 5) is 15.6. The molecule has 1 N–H and O–H groups in total. The zero-order valence-corrected chi connectivity index (χ0v) is 13.1. The molecule has 5 heteroatoms. The Bertz CT molecular complexity index is 730. The highest BCUT2D eigenvalue weighted by atomic mass is 32.1. The van der Waals surface area contributed by atoms with E-state index < -0.39 is 0 Å². The number of thiophene rings is 1. The summed E-state index contributed by atoms with van der Waals surface area (Å²) in [5.74, 6) is -0.0148. The van der Waals surface area contributed by atoms with E-state index in [1.807, 2.05) is 24.3 Å². The number of nitrogens with one attached hydrogen (secondary N) is 1. The van der Waals surface area contributed by atoms with Crippen LogP contribution in [0.15, 0.2) is 46.5 Å². The molecule has 0 fully saturated rings. The minimum Gasteiger partial charge on any atom is -0.352 e. The van der Waals surface area contributed by atoms with Gasteiger partial charge in [-0.25, -0.2) is 4.98 Å². The third kappa shape index (κ3) is 3.37. The van der Waals surface area contributed by atoms with Crippen molar-refractivity contribution < 1.29 is 4.79 Å². The molecule has 2 heterocycles. The van der Waals surface area contributed by atoms with Crippen LogP contribution in [0, 0.1) is 0 Å². The van der Waals surface area contributed by atoms with E-state index >= 15 is 0 Å².